The summed E-state index contributed by atoms with van der Waals surface area (Å²) in [4.78, 5) is 23.9. The van der Waals surface area contributed by atoms with E-state index in [0.717, 1.165) is 0 Å². The van der Waals surface area contributed by atoms with E-state index in [1.54, 1.807) is 6.07 Å². The number of carbonyl (C=O) groups excluding carboxylic acids is 2. The van der Waals surface area contributed by atoms with Gasteiger partial charge in [0.15, 0.2) is 12.6 Å². The zero-order chi connectivity index (χ0) is 8.81. The quantitative estimate of drug-likeness (QED) is 0.441. The van der Waals surface area contributed by atoms with Crippen molar-refractivity contribution in [2.45, 2.75) is 0 Å². The number of rotatable bonds is 1. The summed E-state index contributed by atoms with van der Waals surface area (Å²) < 4.78 is 0. The summed E-state index contributed by atoms with van der Waals surface area (Å²) >= 11 is 0. The van der Waals surface area contributed by atoms with Gasteiger partial charge in [-0.25, -0.2) is 0 Å². The van der Waals surface area contributed by atoms with Gasteiger partial charge in [0, 0.05) is 23.5 Å². The fourth-order valence-electron chi connectivity index (χ4n) is 0.703. The molecule has 0 unspecified atom stereocenters. The van der Waals surface area contributed by atoms with Crippen molar-refractivity contribution in [1.29, 1.82) is 0 Å². The van der Waals surface area contributed by atoms with Gasteiger partial charge in [-0.3, -0.25) is 14.6 Å². The third kappa shape index (κ3) is 2.03. The first-order valence-electron chi connectivity index (χ1n) is 3.22. The Balaban J connectivity index is 3.01. The van der Waals surface area contributed by atoms with E-state index in [2.05, 4.69) is 16.8 Å². The van der Waals surface area contributed by atoms with Gasteiger partial charge in [-0.2, -0.15) is 0 Å². The van der Waals surface area contributed by atoms with Crippen LogP contribution in [0.15, 0.2) is 18.5 Å². The Morgan fingerprint density at radius 3 is 2.83 bits per heavy atom. The molecule has 0 fully saturated rings. The summed E-state index contributed by atoms with van der Waals surface area (Å²) in [6.07, 6.45) is 4.09. The Morgan fingerprint density at radius 1 is 1.33 bits per heavy atom. The SMILES string of the molecule is O=CC#Cc1cncc(C=O)c1. The Hall–Kier alpha value is -1.95. The number of aromatic nitrogens is 1. The second-order valence-corrected chi connectivity index (χ2v) is 2.01. The molecular formula is C9H5NO2. The lowest BCUT2D eigenvalue weighted by Crippen LogP contribution is -1.84. The zero-order valence-corrected chi connectivity index (χ0v) is 6.15. The standard InChI is InChI=1S/C9H5NO2/c11-3-1-2-8-4-9(7-12)6-10-5-8/h3-7H. The second-order valence-electron chi connectivity index (χ2n) is 2.01. The molecule has 0 bridgehead atoms. The van der Waals surface area contributed by atoms with E-state index >= 15 is 0 Å². The van der Waals surface area contributed by atoms with Gasteiger partial charge in [-0.1, -0.05) is 5.92 Å². The molecule has 0 N–H and O–H groups in total. The minimum absolute atomic E-state index is 0.452. The second kappa shape index (κ2) is 4.04. The lowest BCUT2D eigenvalue weighted by atomic mass is 10.2. The van der Waals surface area contributed by atoms with Crippen LogP contribution in [0.4, 0.5) is 0 Å². The fraction of sp³-hybridized carbons (Fsp3) is 0. The molecule has 0 aliphatic carbocycles. The summed E-state index contributed by atoms with van der Waals surface area (Å²) in [7, 11) is 0. The van der Waals surface area contributed by atoms with Gasteiger partial charge in [0.05, 0.1) is 0 Å². The number of aldehydes is 2. The van der Waals surface area contributed by atoms with Gasteiger partial charge in [-0.05, 0) is 12.0 Å². The first kappa shape index (κ1) is 8.15. The van der Waals surface area contributed by atoms with Crippen molar-refractivity contribution >= 4 is 12.6 Å². The van der Waals surface area contributed by atoms with Crippen molar-refractivity contribution in [3.8, 4) is 11.8 Å². The summed E-state index contributed by atoms with van der Waals surface area (Å²) in [5.41, 5.74) is 1.01. The molecule has 0 saturated heterocycles. The molecule has 3 nitrogen and oxygen atoms in total. The molecule has 1 aromatic heterocycles. The minimum atomic E-state index is 0.452. The molecule has 0 aliphatic rings. The molecule has 0 aliphatic heterocycles. The van der Waals surface area contributed by atoms with Gasteiger partial charge in [0.1, 0.15) is 0 Å². The summed E-state index contributed by atoms with van der Waals surface area (Å²) in [6, 6.07) is 1.57. The molecule has 0 spiro atoms. The van der Waals surface area contributed by atoms with Gasteiger partial charge < -0.3 is 0 Å². The Morgan fingerprint density at radius 2 is 2.17 bits per heavy atom. The van der Waals surface area contributed by atoms with Crippen LogP contribution in [-0.4, -0.2) is 17.6 Å². The van der Waals surface area contributed by atoms with Crippen LogP contribution in [0.3, 0.4) is 0 Å². The third-order valence-electron chi connectivity index (χ3n) is 1.17. The van der Waals surface area contributed by atoms with Crippen LogP contribution in [0.5, 0.6) is 0 Å². The number of nitrogens with zero attached hydrogens (tertiary/aromatic N) is 1. The van der Waals surface area contributed by atoms with Crippen molar-refractivity contribution in [2.24, 2.45) is 0 Å². The van der Waals surface area contributed by atoms with Crippen molar-refractivity contribution in [2.75, 3.05) is 0 Å². The highest BCUT2D eigenvalue weighted by atomic mass is 16.1. The van der Waals surface area contributed by atoms with E-state index in [4.69, 9.17) is 0 Å². The summed E-state index contributed by atoms with van der Waals surface area (Å²) in [5, 5.41) is 0. The topological polar surface area (TPSA) is 47.0 Å². The predicted molar refractivity (Wildman–Crippen MR) is 42.6 cm³/mol. The molecule has 1 rings (SSSR count). The van der Waals surface area contributed by atoms with E-state index in [9.17, 15) is 9.59 Å². The van der Waals surface area contributed by atoms with Crippen molar-refractivity contribution < 1.29 is 9.59 Å². The average Bonchev–Trinajstić information content (AvgIpc) is 2.15. The molecule has 0 radical (unpaired) electrons. The lowest BCUT2D eigenvalue weighted by molar-refractivity contribution is -0.103. The molecule has 0 atom stereocenters. The number of hydrogen-bond donors (Lipinski definition) is 0. The van der Waals surface area contributed by atoms with E-state index in [0.29, 0.717) is 23.7 Å². The highest BCUT2D eigenvalue weighted by molar-refractivity contribution is 5.76. The van der Waals surface area contributed by atoms with Gasteiger partial charge in [0.2, 0.25) is 0 Å². The van der Waals surface area contributed by atoms with Crippen LogP contribution in [0, 0.1) is 11.8 Å². The normalized spacial score (nSPS) is 8.00. The van der Waals surface area contributed by atoms with Gasteiger partial charge in [-0.15, -0.1) is 0 Å². The van der Waals surface area contributed by atoms with Gasteiger partial charge in [0.25, 0.3) is 0 Å². The number of carbonyl (C=O) groups is 2. The van der Waals surface area contributed by atoms with Crippen molar-refractivity contribution in [3.05, 3.63) is 29.6 Å². The summed E-state index contributed by atoms with van der Waals surface area (Å²) in [6.45, 7) is 0. The minimum Gasteiger partial charge on any atom is -0.298 e. The van der Waals surface area contributed by atoms with Crippen LogP contribution >= 0.6 is 0 Å². The molecule has 0 amide bonds. The van der Waals surface area contributed by atoms with E-state index in [-0.39, 0.29) is 0 Å². The Bertz CT molecular complexity index is 360. The first-order valence-corrected chi connectivity index (χ1v) is 3.22. The fourth-order valence-corrected chi connectivity index (χ4v) is 0.703. The maximum Gasteiger partial charge on any atom is 0.193 e. The van der Waals surface area contributed by atoms with E-state index in [1.807, 2.05) is 0 Å². The molecule has 3 heteroatoms. The largest absolute Gasteiger partial charge is 0.298 e. The van der Waals surface area contributed by atoms with Crippen LogP contribution in [0.25, 0.3) is 0 Å². The van der Waals surface area contributed by atoms with Crippen molar-refractivity contribution in [3.63, 3.8) is 0 Å². The molecule has 0 saturated carbocycles. The zero-order valence-electron chi connectivity index (χ0n) is 6.15. The molecule has 1 heterocycles. The predicted octanol–water partition coefficient (Wildman–Crippen LogP) is 0.445. The molecule has 58 valence electrons. The highest BCUT2D eigenvalue weighted by Crippen LogP contribution is 1.97. The Labute approximate surface area is 69.4 Å². The molecule has 12 heavy (non-hydrogen) atoms. The Kier molecular flexibility index (Phi) is 2.74. The third-order valence-corrected chi connectivity index (χ3v) is 1.17. The molecule has 0 aromatic carbocycles. The van der Waals surface area contributed by atoms with E-state index < -0.39 is 0 Å². The number of hydrogen-bond acceptors (Lipinski definition) is 3. The first-order chi connectivity index (χ1) is 5.86. The highest BCUT2D eigenvalue weighted by Gasteiger charge is 1.90. The average molecular weight is 159 g/mol. The maximum absolute atomic E-state index is 10.3. The summed E-state index contributed by atoms with van der Waals surface area (Å²) in [5.74, 6) is 4.76. The van der Waals surface area contributed by atoms with E-state index in [1.165, 1.54) is 12.4 Å². The molecular weight excluding hydrogens is 154 g/mol. The monoisotopic (exact) mass is 159 g/mol. The van der Waals surface area contributed by atoms with Crippen molar-refractivity contribution in [1.82, 2.24) is 4.98 Å². The van der Waals surface area contributed by atoms with Gasteiger partial charge >= 0.3 is 0 Å². The lowest BCUT2D eigenvalue weighted by Gasteiger charge is -1.89. The molecule has 1 aromatic rings. The van der Waals surface area contributed by atoms with Crippen LogP contribution in [0.1, 0.15) is 15.9 Å². The van der Waals surface area contributed by atoms with Crippen LogP contribution in [0.2, 0.25) is 0 Å². The van der Waals surface area contributed by atoms with Crippen LogP contribution in [-0.2, 0) is 4.79 Å². The van der Waals surface area contributed by atoms with Crippen LogP contribution < -0.4 is 0 Å². The maximum atomic E-state index is 10.3. The number of pyridine rings is 1. The smallest absolute Gasteiger partial charge is 0.193 e.